The average Bonchev–Trinajstić information content (AvgIpc) is 1.63. The SMILES string of the molecule is CC/C=C(/F)CC(C)C. The second kappa shape index (κ2) is 4.54. The maximum atomic E-state index is 12.5. The van der Waals surface area contributed by atoms with E-state index in [-0.39, 0.29) is 5.83 Å². The van der Waals surface area contributed by atoms with E-state index >= 15 is 0 Å². The molecule has 9 heavy (non-hydrogen) atoms. The highest BCUT2D eigenvalue weighted by molar-refractivity contribution is 4.90. The van der Waals surface area contributed by atoms with Crippen molar-refractivity contribution in [2.75, 3.05) is 0 Å². The first-order valence-electron chi connectivity index (χ1n) is 3.51. The normalized spacial score (nSPS) is 12.8. The molecule has 0 aliphatic carbocycles. The van der Waals surface area contributed by atoms with Crippen LogP contribution < -0.4 is 0 Å². The lowest BCUT2D eigenvalue weighted by molar-refractivity contribution is 0.513. The summed E-state index contributed by atoms with van der Waals surface area (Å²) in [5.41, 5.74) is 0. The molecule has 0 aromatic heterocycles. The molecule has 54 valence electrons. The number of hydrogen-bond acceptors (Lipinski definition) is 0. The van der Waals surface area contributed by atoms with Gasteiger partial charge in [-0.3, -0.25) is 0 Å². The molecular formula is C8H15F. The van der Waals surface area contributed by atoms with E-state index in [2.05, 4.69) is 0 Å². The van der Waals surface area contributed by atoms with Crippen LogP contribution in [0.2, 0.25) is 0 Å². The van der Waals surface area contributed by atoms with E-state index in [1.807, 2.05) is 20.8 Å². The van der Waals surface area contributed by atoms with Crippen LogP contribution in [0, 0.1) is 5.92 Å². The average molecular weight is 130 g/mol. The molecule has 1 heteroatoms. The molecule has 0 amide bonds. The highest BCUT2D eigenvalue weighted by Gasteiger charge is 1.96. The van der Waals surface area contributed by atoms with Gasteiger partial charge in [0.15, 0.2) is 0 Å². The van der Waals surface area contributed by atoms with Crippen LogP contribution in [0.3, 0.4) is 0 Å². The third-order valence-corrected chi connectivity index (χ3v) is 1.03. The highest BCUT2D eigenvalue weighted by atomic mass is 19.1. The van der Waals surface area contributed by atoms with Crippen LogP contribution >= 0.6 is 0 Å². The molecule has 0 aliphatic rings. The second-order valence-electron chi connectivity index (χ2n) is 2.66. The summed E-state index contributed by atoms with van der Waals surface area (Å²) in [5.74, 6) is 0.472. The summed E-state index contributed by atoms with van der Waals surface area (Å²) in [7, 11) is 0. The Morgan fingerprint density at radius 1 is 1.56 bits per heavy atom. The standard InChI is InChI=1S/C8H15F/c1-4-5-8(9)6-7(2)3/h5,7H,4,6H2,1-3H3/b8-5+. The van der Waals surface area contributed by atoms with Gasteiger partial charge in [-0.05, 0) is 12.3 Å². The fourth-order valence-corrected chi connectivity index (χ4v) is 0.695. The summed E-state index contributed by atoms with van der Waals surface area (Å²) in [6.07, 6.45) is 3.03. The number of allylic oxidation sites excluding steroid dienone is 2. The molecule has 0 bridgehead atoms. The van der Waals surface area contributed by atoms with E-state index in [4.69, 9.17) is 0 Å². The van der Waals surface area contributed by atoms with Gasteiger partial charge in [0, 0.05) is 6.42 Å². The Balaban J connectivity index is 3.49. The summed E-state index contributed by atoms with van der Waals surface area (Å²) in [6, 6.07) is 0. The zero-order chi connectivity index (χ0) is 7.28. The van der Waals surface area contributed by atoms with E-state index in [9.17, 15) is 4.39 Å². The zero-order valence-electron chi connectivity index (χ0n) is 6.45. The van der Waals surface area contributed by atoms with Crippen molar-refractivity contribution in [3.63, 3.8) is 0 Å². The summed E-state index contributed by atoms with van der Waals surface area (Å²) in [6.45, 7) is 5.98. The summed E-state index contributed by atoms with van der Waals surface area (Å²) in [4.78, 5) is 0. The molecular weight excluding hydrogens is 115 g/mol. The molecule has 0 rings (SSSR count). The lowest BCUT2D eigenvalue weighted by atomic mass is 10.1. The van der Waals surface area contributed by atoms with Gasteiger partial charge in [0.05, 0.1) is 5.83 Å². The van der Waals surface area contributed by atoms with E-state index in [1.165, 1.54) is 0 Å². The monoisotopic (exact) mass is 130 g/mol. The Hall–Kier alpha value is -0.330. The van der Waals surface area contributed by atoms with Gasteiger partial charge < -0.3 is 0 Å². The molecule has 0 saturated carbocycles. The van der Waals surface area contributed by atoms with Crippen LogP contribution in [-0.2, 0) is 0 Å². The summed E-state index contributed by atoms with van der Waals surface area (Å²) < 4.78 is 12.5. The molecule has 0 spiro atoms. The van der Waals surface area contributed by atoms with E-state index in [1.54, 1.807) is 6.08 Å². The quantitative estimate of drug-likeness (QED) is 0.550. The summed E-state index contributed by atoms with van der Waals surface area (Å²) >= 11 is 0. The van der Waals surface area contributed by atoms with Crippen molar-refractivity contribution in [3.8, 4) is 0 Å². The van der Waals surface area contributed by atoms with Gasteiger partial charge in [-0.25, -0.2) is 4.39 Å². The number of halogens is 1. The van der Waals surface area contributed by atoms with Gasteiger partial charge in [0.2, 0.25) is 0 Å². The molecule has 0 radical (unpaired) electrons. The fourth-order valence-electron chi connectivity index (χ4n) is 0.695. The van der Waals surface area contributed by atoms with E-state index in [0.29, 0.717) is 12.3 Å². The minimum atomic E-state index is 0.0347. The predicted octanol–water partition coefficient (Wildman–Crippen LogP) is 3.30. The van der Waals surface area contributed by atoms with Gasteiger partial charge in [0.25, 0.3) is 0 Å². The van der Waals surface area contributed by atoms with Gasteiger partial charge in [-0.15, -0.1) is 0 Å². The first kappa shape index (κ1) is 8.67. The Kier molecular flexibility index (Phi) is 4.37. The van der Waals surface area contributed by atoms with Gasteiger partial charge in [-0.1, -0.05) is 26.8 Å². The van der Waals surface area contributed by atoms with Crippen molar-refractivity contribution in [2.24, 2.45) is 5.92 Å². The molecule has 0 atom stereocenters. The van der Waals surface area contributed by atoms with Crippen LogP contribution in [0.4, 0.5) is 4.39 Å². The Morgan fingerprint density at radius 2 is 2.11 bits per heavy atom. The fraction of sp³-hybridized carbons (Fsp3) is 0.750. The highest BCUT2D eigenvalue weighted by Crippen LogP contribution is 2.11. The van der Waals surface area contributed by atoms with Crippen molar-refractivity contribution in [1.82, 2.24) is 0 Å². The largest absolute Gasteiger partial charge is 0.212 e. The first-order valence-corrected chi connectivity index (χ1v) is 3.51. The van der Waals surface area contributed by atoms with Crippen molar-refractivity contribution >= 4 is 0 Å². The van der Waals surface area contributed by atoms with Crippen LogP contribution in [0.25, 0.3) is 0 Å². The maximum Gasteiger partial charge on any atom is 0.0962 e. The molecule has 0 aromatic rings. The van der Waals surface area contributed by atoms with Crippen molar-refractivity contribution in [2.45, 2.75) is 33.6 Å². The lowest BCUT2D eigenvalue weighted by Crippen LogP contribution is -1.86. The number of hydrogen-bond donors (Lipinski definition) is 0. The van der Waals surface area contributed by atoms with E-state index < -0.39 is 0 Å². The zero-order valence-corrected chi connectivity index (χ0v) is 6.45. The minimum absolute atomic E-state index is 0.0347. The van der Waals surface area contributed by atoms with Crippen LogP contribution in [0.1, 0.15) is 33.6 Å². The van der Waals surface area contributed by atoms with Crippen molar-refractivity contribution < 1.29 is 4.39 Å². The maximum absolute atomic E-state index is 12.5. The van der Waals surface area contributed by atoms with Crippen LogP contribution in [0.5, 0.6) is 0 Å². The van der Waals surface area contributed by atoms with Crippen molar-refractivity contribution in [3.05, 3.63) is 11.9 Å². The molecule has 0 unspecified atom stereocenters. The lowest BCUT2D eigenvalue weighted by Gasteiger charge is -1.99. The van der Waals surface area contributed by atoms with Gasteiger partial charge in [0.1, 0.15) is 0 Å². The second-order valence-corrected chi connectivity index (χ2v) is 2.66. The molecule has 0 aliphatic heterocycles. The minimum Gasteiger partial charge on any atom is -0.212 e. The van der Waals surface area contributed by atoms with Crippen LogP contribution in [0.15, 0.2) is 11.9 Å². The van der Waals surface area contributed by atoms with Crippen LogP contribution in [-0.4, -0.2) is 0 Å². The Morgan fingerprint density at radius 3 is 2.44 bits per heavy atom. The van der Waals surface area contributed by atoms with Crippen molar-refractivity contribution in [1.29, 1.82) is 0 Å². The molecule has 0 saturated heterocycles. The molecule has 0 heterocycles. The van der Waals surface area contributed by atoms with E-state index in [0.717, 1.165) is 6.42 Å². The smallest absolute Gasteiger partial charge is 0.0962 e. The third kappa shape index (κ3) is 5.54. The molecule has 0 fully saturated rings. The molecule has 0 N–H and O–H groups in total. The summed E-state index contributed by atoms with van der Waals surface area (Å²) in [5, 5.41) is 0. The van der Waals surface area contributed by atoms with Gasteiger partial charge >= 0.3 is 0 Å². The number of rotatable bonds is 3. The third-order valence-electron chi connectivity index (χ3n) is 1.03. The Bertz CT molecular complexity index is 92.7. The van der Waals surface area contributed by atoms with Gasteiger partial charge in [-0.2, -0.15) is 0 Å². The topological polar surface area (TPSA) is 0 Å². The molecule has 0 nitrogen and oxygen atoms in total. The molecule has 0 aromatic carbocycles. The first-order chi connectivity index (χ1) is 4.16. The Labute approximate surface area is 56.8 Å². The predicted molar refractivity (Wildman–Crippen MR) is 38.9 cm³/mol.